The number of hydrogen-bond acceptors (Lipinski definition) is 9. The van der Waals surface area contributed by atoms with E-state index in [2.05, 4.69) is 20.4 Å². The molecule has 0 aliphatic heterocycles. The first-order valence-corrected chi connectivity index (χ1v) is 13.1. The SMILES string of the molecule is C=C1C(=O)C23C(OC(C)=O)C[C@@H]4C(C)(C)CCC[C@@]4(COC(C)=O)[C@@H]2[C@@H](OC(C)=O)C[C@@H]1[C@H]3OC(C)=O. The lowest BCUT2D eigenvalue weighted by Gasteiger charge is -2.67. The summed E-state index contributed by atoms with van der Waals surface area (Å²) in [6.45, 7) is 13.6. The van der Waals surface area contributed by atoms with Gasteiger partial charge in [0, 0.05) is 44.9 Å². The third-order valence-corrected chi connectivity index (χ3v) is 9.51. The summed E-state index contributed by atoms with van der Waals surface area (Å²) in [7, 11) is 0. The van der Waals surface area contributed by atoms with E-state index in [0.29, 0.717) is 12.8 Å². The number of carbonyl (C=O) groups excluding carboxylic acids is 5. The van der Waals surface area contributed by atoms with Crippen LogP contribution >= 0.6 is 0 Å². The summed E-state index contributed by atoms with van der Waals surface area (Å²) < 4.78 is 23.5. The van der Waals surface area contributed by atoms with E-state index in [0.717, 1.165) is 12.8 Å². The molecule has 9 nitrogen and oxygen atoms in total. The molecule has 8 atom stereocenters. The van der Waals surface area contributed by atoms with Gasteiger partial charge in [-0.25, -0.2) is 0 Å². The van der Waals surface area contributed by atoms with Gasteiger partial charge in [-0.05, 0) is 42.6 Å². The van der Waals surface area contributed by atoms with Crippen molar-refractivity contribution in [2.24, 2.45) is 34.0 Å². The largest absolute Gasteiger partial charge is 0.465 e. The van der Waals surface area contributed by atoms with Crippen LogP contribution in [0.2, 0.25) is 0 Å². The zero-order valence-electron chi connectivity index (χ0n) is 22.6. The fourth-order valence-electron chi connectivity index (χ4n) is 8.61. The van der Waals surface area contributed by atoms with Crippen molar-refractivity contribution < 1.29 is 42.9 Å². The van der Waals surface area contributed by atoms with Crippen molar-refractivity contribution in [2.75, 3.05) is 6.61 Å². The van der Waals surface area contributed by atoms with Crippen LogP contribution in [-0.2, 0) is 42.9 Å². The minimum absolute atomic E-state index is 0.0185. The number of hydrogen-bond donors (Lipinski definition) is 0. The van der Waals surface area contributed by atoms with Crippen molar-refractivity contribution in [3.05, 3.63) is 12.2 Å². The van der Waals surface area contributed by atoms with Gasteiger partial charge in [0.25, 0.3) is 0 Å². The molecule has 0 amide bonds. The molecular weight excluding hydrogens is 480 g/mol. The van der Waals surface area contributed by atoms with Crippen molar-refractivity contribution in [3.63, 3.8) is 0 Å². The number of carbonyl (C=O) groups is 5. The number of ketones is 1. The molecule has 2 unspecified atom stereocenters. The van der Waals surface area contributed by atoms with Gasteiger partial charge in [-0.3, -0.25) is 24.0 Å². The summed E-state index contributed by atoms with van der Waals surface area (Å²) in [5.74, 6) is -3.87. The summed E-state index contributed by atoms with van der Waals surface area (Å²) in [5.41, 5.74) is -2.28. The summed E-state index contributed by atoms with van der Waals surface area (Å²) in [5, 5.41) is 0. The third-order valence-electron chi connectivity index (χ3n) is 9.51. The highest BCUT2D eigenvalue weighted by Crippen LogP contribution is 2.72. The Morgan fingerprint density at radius 2 is 1.51 bits per heavy atom. The van der Waals surface area contributed by atoms with E-state index >= 15 is 0 Å². The van der Waals surface area contributed by atoms with E-state index in [1.807, 2.05) is 0 Å². The molecule has 204 valence electrons. The Bertz CT molecular complexity index is 1040. The second kappa shape index (κ2) is 9.24. The number of rotatable bonds is 5. The van der Waals surface area contributed by atoms with E-state index in [-0.39, 0.29) is 35.7 Å². The normalized spacial score (nSPS) is 39.6. The number of ether oxygens (including phenoxy) is 4. The van der Waals surface area contributed by atoms with E-state index in [1.165, 1.54) is 27.7 Å². The maximum Gasteiger partial charge on any atom is 0.302 e. The zero-order valence-corrected chi connectivity index (χ0v) is 22.6. The Hall–Kier alpha value is -2.71. The Morgan fingerprint density at radius 1 is 0.892 bits per heavy atom. The molecule has 4 aliphatic carbocycles. The molecule has 0 N–H and O–H groups in total. The fraction of sp³-hybridized carbons (Fsp3) is 0.750. The quantitative estimate of drug-likeness (QED) is 0.306. The van der Waals surface area contributed by atoms with Crippen molar-refractivity contribution in [3.8, 4) is 0 Å². The highest BCUT2D eigenvalue weighted by molar-refractivity contribution is 6.05. The van der Waals surface area contributed by atoms with Crippen LogP contribution in [0.5, 0.6) is 0 Å². The molecule has 0 heterocycles. The van der Waals surface area contributed by atoms with Gasteiger partial charge in [-0.1, -0.05) is 26.8 Å². The van der Waals surface area contributed by atoms with Crippen molar-refractivity contribution in [1.82, 2.24) is 0 Å². The van der Waals surface area contributed by atoms with E-state index in [1.54, 1.807) is 0 Å². The first-order chi connectivity index (χ1) is 17.2. The highest BCUT2D eigenvalue weighted by atomic mass is 16.6. The van der Waals surface area contributed by atoms with Crippen LogP contribution in [0.3, 0.4) is 0 Å². The number of Topliss-reactive ketones (excluding diaryl/α,β-unsaturated/α-hetero) is 1. The Kier molecular flexibility index (Phi) is 6.82. The maximum absolute atomic E-state index is 14.3. The van der Waals surface area contributed by atoms with Crippen LogP contribution in [0.1, 0.15) is 73.6 Å². The van der Waals surface area contributed by atoms with E-state index < -0.39 is 64.9 Å². The van der Waals surface area contributed by atoms with Crippen molar-refractivity contribution in [1.29, 1.82) is 0 Å². The van der Waals surface area contributed by atoms with E-state index in [4.69, 9.17) is 18.9 Å². The zero-order chi connectivity index (χ0) is 27.5. The molecule has 0 aromatic rings. The standard InChI is InChI=1S/C28H38O9/c1-14-19-11-20(35-16(3)30)23-27(13-34-15(2)29)10-8-9-26(6,7)21(27)12-22(36-17(4)31)28(23,24(14)33)25(19)37-18(5)32/h19-23,25H,1,8-13H2,2-7H3/t19-,20-,21+,22?,23-,25+,27-,28?/m0/s1. The lowest BCUT2D eigenvalue weighted by Crippen LogP contribution is -2.73. The van der Waals surface area contributed by atoms with Gasteiger partial charge >= 0.3 is 23.9 Å². The van der Waals surface area contributed by atoms with Crippen LogP contribution in [0.25, 0.3) is 0 Å². The molecule has 9 heteroatoms. The van der Waals surface area contributed by atoms with Gasteiger partial charge in [-0.2, -0.15) is 0 Å². The lowest BCUT2D eigenvalue weighted by atomic mass is 9.38. The van der Waals surface area contributed by atoms with Crippen LogP contribution in [-0.4, -0.2) is 54.6 Å². The van der Waals surface area contributed by atoms with Crippen molar-refractivity contribution in [2.45, 2.75) is 92.0 Å². The summed E-state index contributed by atoms with van der Waals surface area (Å²) in [6, 6.07) is 0. The molecule has 4 aliphatic rings. The molecule has 0 aromatic carbocycles. The summed E-state index contributed by atoms with van der Waals surface area (Å²) in [6.07, 6.45) is 0.244. The number of esters is 4. The molecular formula is C28H38O9. The molecule has 37 heavy (non-hydrogen) atoms. The average molecular weight is 519 g/mol. The average Bonchev–Trinajstić information content (AvgIpc) is 2.88. The molecule has 0 radical (unpaired) electrons. The predicted octanol–water partition coefficient (Wildman–Crippen LogP) is 3.32. The fourth-order valence-corrected chi connectivity index (χ4v) is 8.61. The van der Waals surface area contributed by atoms with Gasteiger partial charge in [0.1, 0.15) is 23.7 Å². The van der Waals surface area contributed by atoms with Gasteiger partial charge in [-0.15, -0.1) is 0 Å². The lowest BCUT2D eigenvalue weighted by molar-refractivity contribution is -0.273. The second-order valence-corrected chi connectivity index (χ2v) is 12.0. The summed E-state index contributed by atoms with van der Waals surface area (Å²) in [4.78, 5) is 63.6. The predicted molar refractivity (Wildman–Crippen MR) is 130 cm³/mol. The molecule has 0 aromatic heterocycles. The van der Waals surface area contributed by atoms with Crippen LogP contribution in [0.4, 0.5) is 0 Å². The van der Waals surface area contributed by atoms with Gasteiger partial charge in [0.05, 0.1) is 6.61 Å². The number of fused-ring (bicyclic) bond motifs is 3. The molecule has 4 saturated carbocycles. The minimum atomic E-state index is -1.51. The van der Waals surface area contributed by atoms with Gasteiger partial charge in [0.2, 0.25) is 0 Å². The molecule has 1 spiro atoms. The first-order valence-electron chi connectivity index (χ1n) is 13.1. The topological polar surface area (TPSA) is 122 Å². The second-order valence-electron chi connectivity index (χ2n) is 12.0. The first kappa shape index (κ1) is 27.3. The Labute approximate surface area is 217 Å². The summed E-state index contributed by atoms with van der Waals surface area (Å²) >= 11 is 0. The smallest absolute Gasteiger partial charge is 0.302 e. The van der Waals surface area contributed by atoms with Crippen LogP contribution in [0, 0.1) is 34.0 Å². The van der Waals surface area contributed by atoms with Gasteiger partial charge in [0.15, 0.2) is 5.78 Å². The van der Waals surface area contributed by atoms with Crippen LogP contribution < -0.4 is 0 Å². The molecule has 4 rings (SSSR count). The molecule has 0 saturated heterocycles. The van der Waals surface area contributed by atoms with Crippen LogP contribution in [0.15, 0.2) is 12.2 Å². The monoisotopic (exact) mass is 518 g/mol. The highest BCUT2D eigenvalue weighted by Gasteiger charge is 2.80. The Balaban J connectivity index is 2.04. The molecule has 2 bridgehead atoms. The van der Waals surface area contributed by atoms with E-state index in [9.17, 15) is 24.0 Å². The molecule has 4 fully saturated rings. The van der Waals surface area contributed by atoms with Crippen molar-refractivity contribution >= 4 is 29.7 Å². The minimum Gasteiger partial charge on any atom is -0.465 e. The van der Waals surface area contributed by atoms with Gasteiger partial charge < -0.3 is 18.9 Å². The Morgan fingerprint density at radius 3 is 2.08 bits per heavy atom. The third kappa shape index (κ3) is 4.09. The maximum atomic E-state index is 14.3.